The molecule has 1 fully saturated rings. The van der Waals surface area contributed by atoms with E-state index in [-0.39, 0.29) is 22.7 Å². The molecule has 1 heterocycles. The number of methoxy groups -OCH3 is 1. The molecule has 3 rings (SSSR count). The van der Waals surface area contributed by atoms with Crippen LogP contribution in [0.3, 0.4) is 0 Å². The van der Waals surface area contributed by atoms with Crippen molar-refractivity contribution in [2.75, 3.05) is 7.11 Å². The molecule has 0 spiro atoms. The third-order valence-electron chi connectivity index (χ3n) is 5.86. The van der Waals surface area contributed by atoms with Crippen molar-refractivity contribution < 1.29 is 14.3 Å². The molecule has 5 heteroatoms. The average molecular weight is 354 g/mol. The van der Waals surface area contributed by atoms with Crippen LogP contribution in [0.25, 0.3) is 0 Å². The average Bonchev–Trinajstić information content (AvgIpc) is 3.03. The van der Waals surface area contributed by atoms with Crippen LogP contribution in [0.4, 0.5) is 0 Å². The van der Waals surface area contributed by atoms with Gasteiger partial charge in [-0.25, -0.2) is 4.98 Å². The van der Waals surface area contributed by atoms with Crippen molar-refractivity contribution in [3.05, 3.63) is 48.2 Å². The molecule has 1 aliphatic carbocycles. The van der Waals surface area contributed by atoms with Gasteiger partial charge in [-0.1, -0.05) is 45.9 Å². The van der Waals surface area contributed by atoms with E-state index in [4.69, 9.17) is 9.47 Å². The van der Waals surface area contributed by atoms with E-state index in [1.54, 1.807) is 13.3 Å². The Labute approximate surface area is 154 Å². The fourth-order valence-electron chi connectivity index (χ4n) is 3.59. The van der Waals surface area contributed by atoms with Crippen LogP contribution in [0.2, 0.25) is 0 Å². The summed E-state index contributed by atoms with van der Waals surface area (Å²) in [6, 6.07) is 11.1. The molecule has 2 aromatic rings. The number of pyridine rings is 1. The number of nitrogens with zero attached hydrogens (tertiary/aromatic N) is 1. The number of benzene rings is 1. The van der Waals surface area contributed by atoms with E-state index in [0.29, 0.717) is 23.9 Å². The summed E-state index contributed by atoms with van der Waals surface area (Å²) in [4.78, 5) is 16.9. The van der Waals surface area contributed by atoms with E-state index in [1.165, 1.54) is 0 Å². The van der Waals surface area contributed by atoms with Gasteiger partial charge in [0.1, 0.15) is 0 Å². The zero-order valence-corrected chi connectivity index (χ0v) is 16.0. The van der Waals surface area contributed by atoms with E-state index in [1.807, 2.05) is 36.4 Å². The summed E-state index contributed by atoms with van der Waals surface area (Å²) in [6.07, 6.45) is 1.67. The van der Waals surface area contributed by atoms with E-state index < -0.39 is 0 Å². The van der Waals surface area contributed by atoms with E-state index in [0.717, 1.165) is 5.56 Å². The van der Waals surface area contributed by atoms with Crippen LogP contribution in [-0.2, 0) is 11.3 Å². The van der Waals surface area contributed by atoms with Gasteiger partial charge < -0.3 is 14.8 Å². The minimum absolute atomic E-state index is 0.0166. The minimum atomic E-state index is 0.0166. The molecule has 0 bridgehead atoms. The lowest BCUT2D eigenvalue weighted by atomic mass is 10.0. The standard InChI is InChI=1S/C21H26N2O3/c1-20(2)17(21(20,3)4)18(24)23-13-14-9-8-12-22-19(14)26-16-11-7-6-10-15(16)25-5/h6-12,17H,13H2,1-5H3,(H,23,24). The summed E-state index contributed by atoms with van der Waals surface area (Å²) in [6.45, 7) is 8.92. The minimum Gasteiger partial charge on any atom is -0.493 e. The molecule has 1 aromatic heterocycles. The Kier molecular flexibility index (Phi) is 4.65. The van der Waals surface area contributed by atoms with Gasteiger partial charge in [-0.3, -0.25) is 4.79 Å². The molecule has 1 amide bonds. The molecule has 26 heavy (non-hydrogen) atoms. The van der Waals surface area contributed by atoms with Gasteiger partial charge in [0, 0.05) is 24.2 Å². The van der Waals surface area contributed by atoms with E-state index >= 15 is 0 Å². The van der Waals surface area contributed by atoms with Crippen LogP contribution >= 0.6 is 0 Å². The van der Waals surface area contributed by atoms with Gasteiger partial charge in [-0.2, -0.15) is 0 Å². The Balaban J connectivity index is 1.71. The van der Waals surface area contributed by atoms with Crippen LogP contribution in [-0.4, -0.2) is 18.0 Å². The third kappa shape index (κ3) is 3.14. The molecule has 0 aliphatic heterocycles. The number of aromatic nitrogens is 1. The highest BCUT2D eigenvalue weighted by molar-refractivity contribution is 5.84. The SMILES string of the molecule is COc1ccccc1Oc1ncccc1CNC(=O)C1C(C)(C)C1(C)C. The van der Waals surface area contributed by atoms with Crippen molar-refractivity contribution >= 4 is 5.91 Å². The first-order valence-electron chi connectivity index (χ1n) is 8.81. The number of nitrogens with one attached hydrogen (secondary N) is 1. The van der Waals surface area contributed by atoms with E-state index in [2.05, 4.69) is 38.0 Å². The molecule has 138 valence electrons. The second-order valence-electron chi connectivity index (χ2n) is 7.81. The monoisotopic (exact) mass is 354 g/mol. The first-order valence-corrected chi connectivity index (χ1v) is 8.81. The maximum atomic E-state index is 12.6. The van der Waals surface area contributed by atoms with Crippen LogP contribution in [0.15, 0.2) is 42.6 Å². The van der Waals surface area contributed by atoms with Gasteiger partial charge in [0.2, 0.25) is 11.8 Å². The fourth-order valence-corrected chi connectivity index (χ4v) is 3.59. The third-order valence-corrected chi connectivity index (χ3v) is 5.86. The summed E-state index contributed by atoms with van der Waals surface area (Å²) >= 11 is 0. The summed E-state index contributed by atoms with van der Waals surface area (Å²) in [5, 5.41) is 3.04. The fraction of sp³-hybridized carbons (Fsp3) is 0.429. The normalized spacial score (nSPS) is 17.4. The Bertz CT molecular complexity index is 800. The molecule has 0 radical (unpaired) electrons. The van der Waals surface area contributed by atoms with Gasteiger partial charge in [0.25, 0.3) is 0 Å². The number of carbonyl (C=O) groups excluding carboxylic acids is 1. The second kappa shape index (κ2) is 6.63. The van der Waals surface area contributed by atoms with E-state index in [9.17, 15) is 4.79 Å². The van der Waals surface area contributed by atoms with Crippen molar-refractivity contribution in [1.82, 2.24) is 10.3 Å². The zero-order valence-electron chi connectivity index (χ0n) is 16.0. The molecule has 5 nitrogen and oxygen atoms in total. The molecule has 1 aliphatic rings. The van der Waals surface area contributed by atoms with Gasteiger partial charge >= 0.3 is 0 Å². The summed E-state index contributed by atoms with van der Waals surface area (Å²) in [7, 11) is 1.60. The highest BCUT2D eigenvalue weighted by atomic mass is 16.5. The van der Waals surface area contributed by atoms with Crippen LogP contribution < -0.4 is 14.8 Å². The quantitative estimate of drug-likeness (QED) is 0.845. The molecule has 1 saturated carbocycles. The first kappa shape index (κ1) is 18.2. The van der Waals surface area contributed by atoms with Crippen LogP contribution in [0, 0.1) is 16.7 Å². The Morgan fingerprint density at radius 2 is 1.73 bits per heavy atom. The maximum Gasteiger partial charge on any atom is 0.224 e. The number of ether oxygens (including phenoxy) is 2. The number of carbonyl (C=O) groups is 1. The van der Waals surface area contributed by atoms with Crippen molar-refractivity contribution in [3.63, 3.8) is 0 Å². The molecule has 0 unspecified atom stereocenters. The lowest BCUT2D eigenvalue weighted by Gasteiger charge is -2.13. The van der Waals surface area contributed by atoms with Crippen molar-refractivity contribution in [1.29, 1.82) is 0 Å². The summed E-state index contributed by atoms with van der Waals surface area (Å²) < 4.78 is 11.3. The number of para-hydroxylation sites is 2. The van der Waals surface area contributed by atoms with Gasteiger partial charge in [0.05, 0.1) is 7.11 Å². The first-order chi connectivity index (χ1) is 12.3. The molecule has 1 aromatic carbocycles. The molecule has 0 atom stereocenters. The summed E-state index contributed by atoms with van der Waals surface area (Å²) in [5.41, 5.74) is 0.855. The van der Waals surface area contributed by atoms with Gasteiger partial charge in [-0.15, -0.1) is 0 Å². The Hall–Kier alpha value is -2.56. The highest BCUT2D eigenvalue weighted by Crippen LogP contribution is 2.68. The smallest absolute Gasteiger partial charge is 0.224 e. The lowest BCUT2D eigenvalue weighted by Crippen LogP contribution is -2.27. The van der Waals surface area contributed by atoms with Crippen LogP contribution in [0.5, 0.6) is 17.4 Å². The number of rotatable bonds is 6. The number of hydrogen-bond donors (Lipinski definition) is 1. The van der Waals surface area contributed by atoms with Crippen molar-refractivity contribution in [3.8, 4) is 17.4 Å². The Morgan fingerprint density at radius 3 is 2.35 bits per heavy atom. The predicted molar refractivity (Wildman–Crippen MR) is 100 cm³/mol. The van der Waals surface area contributed by atoms with Crippen molar-refractivity contribution in [2.24, 2.45) is 16.7 Å². The highest BCUT2D eigenvalue weighted by Gasteiger charge is 2.68. The number of amides is 1. The number of hydrogen-bond acceptors (Lipinski definition) is 4. The van der Waals surface area contributed by atoms with Gasteiger partial charge in [-0.05, 0) is 29.0 Å². The maximum absolute atomic E-state index is 12.6. The second-order valence-corrected chi connectivity index (χ2v) is 7.81. The van der Waals surface area contributed by atoms with Gasteiger partial charge in [0.15, 0.2) is 11.5 Å². The molecular weight excluding hydrogens is 328 g/mol. The molecule has 1 N–H and O–H groups in total. The largest absolute Gasteiger partial charge is 0.493 e. The Morgan fingerprint density at radius 1 is 1.08 bits per heavy atom. The summed E-state index contributed by atoms with van der Waals surface area (Å²) in [5.74, 6) is 1.78. The van der Waals surface area contributed by atoms with Crippen molar-refractivity contribution in [2.45, 2.75) is 34.2 Å². The molecule has 0 saturated heterocycles. The predicted octanol–water partition coefficient (Wildman–Crippen LogP) is 4.18. The van der Waals surface area contributed by atoms with Crippen LogP contribution in [0.1, 0.15) is 33.3 Å². The molecular formula is C21H26N2O3. The zero-order chi connectivity index (χ0) is 18.9. The lowest BCUT2D eigenvalue weighted by molar-refractivity contribution is -0.123. The topological polar surface area (TPSA) is 60.5 Å².